The Kier molecular flexibility index (Phi) is 7.83. The molecule has 0 saturated carbocycles. The molecule has 206 valence electrons. The van der Waals surface area contributed by atoms with Gasteiger partial charge < -0.3 is 15.2 Å². The molecule has 5 aromatic rings. The molecule has 0 aliphatic rings. The van der Waals surface area contributed by atoms with Crippen LogP contribution in [0.4, 0.5) is 0 Å². The van der Waals surface area contributed by atoms with Gasteiger partial charge in [-0.15, -0.1) is 0 Å². The highest BCUT2D eigenvalue weighted by molar-refractivity contribution is 5.97. The first-order valence-electron chi connectivity index (χ1n) is 13.5. The van der Waals surface area contributed by atoms with Gasteiger partial charge in [0.15, 0.2) is 0 Å². The summed E-state index contributed by atoms with van der Waals surface area (Å²) in [5, 5.41) is 14.0. The number of carbonyl (C=O) groups is 2. The number of carbonyl (C=O) groups excluding carboxylic acids is 1. The molecule has 5 rings (SSSR count). The number of benzene rings is 4. The third-order valence-electron chi connectivity index (χ3n) is 6.99. The molecule has 1 amide bonds. The van der Waals surface area contributed by atoms with E-state index in [0.717, 1.165) is 27.6 Å². The number of carboxylic acid groups (broad SMARTS) is 1. The fraction of sp³-hybridized carbons (Fsp3) is 0.171. The second-order valence-corrected chi connectivity index (χ2v) is 11.1. The molecule has 1 heterocycles. The van der Waals surface area contributed by atoms with Gasteiger partial charge in [-0.3, -0.25) is 14.6 Å². The molecule has 0 spiro atoms. The zero-order valence-corrected chi connectivity index (χ0v) is 23.3. The molecular weight excluding hydrogens is 512 g/mol. The van der Waals surface area contributed by atoms with Crippen LogP contribution in [0.3, 0.4) is 0 Å². The Hall–Kier alpha value is -4.97. The normalized spacial score (nSPS) is 12.1. The van der Waals surface area contributed by atoms with Crippen LogP contribution in [0.2, 0.25) is 0 Å². The van der Waals surface area contributed by atoms with Gasteiger partial charge in [-0.2, -0.15) is 0 Å². The van der Waals surface area contributed by atoms with E-state index < -0.39 is 17.9 Å². The predicted molar refractivity (Wildman–Crippen MR) is 161 cm³/mol. The van der Waals surface area contributed by atoms with Crippen molar-refractivity contribution in [2.24, 2.45) is 0 Å². The van der Waals surface area contributed by atoms with E-state index in [9.17, 15) is 14.7 Å². The fourth-order valence-electron chi connectivity index (χ4n) is 4.66. The van der Waals surface area contributed by atoms with Crippen LogP contribution >= 0.6 is 0 Å². The van der Waals surface area contributed by atoms with E-state index in [1.165, 1.54) is 5.56 Å². The largest absolute Gasteiger partial charge is 0.481 e. The molecule has 0 aliphatic heterocycles. The van der Waals surface area contributed by atoms with Gasteiger partial charge in [0.2, 0.25) is 0 Å². The van der Waals surface area contributed by atoms with Gasteiger partial charge in [0.1, 0.15) is 17.2 Å². The summed E-state index contributed by atoms with van der Waals surface area (Å²) in [6.07, 6.45) is 1.38. The van der Waals surface area contributed by atoms with E-state index in [1.807, 2.05) is 84.9 Å². The highest BCUT2D eigenvalue weighted by atomic mass is 16.5. The van der Waals surface area contributed by atoms with Crippen molar-refractivity contribution < 1.29 is 19.4 Å². The number of amides is 1. The first-order chi connectivity index (χ1) is 19.7. The molecule has 41 heavy (non-hydrogen) atoms. The SMILES string of the molecule is CC(C)(C)c1ccc(Oc2ccc3cc(C(=O)NC(CC(=O)O)c4ccc(-c5ccccc5)cc4)ncc3c2)cc1. The van der Waals surface area contributed by atoms with E-state index >= 15 is 0 Å². The van der Waals surface area contributed by atoms with E-state index in [2.05, 4.69) is 43.2 Å². The number of hydrogen-bond donors (Lipinski definition) is 2. The van der Waals surface area contributed by atoms with Crippen molar-refractivity contribution in [2.45, 2.75) is 38.6 Å². The first-order valence-corrected chi connectivity index (χ1v) is 13.5. The molecule has 0 fully saturated rings. The Morgan fingerprint density at radius 2 is 1.46 bits per heavy atom. The molecule has 0 aliphatic carbocycles. The minimum Gasteiger partial charge on any atom is -0.481 e. The third kappa shape index (κ3) is 6.79. The summed E-state index contributed by atoms with van der Waals surface area (Å²) in [6, 6.07) is 32.1. The van der Waals surface area contributed by atoms with Gasteiger partial charge in [-0.25, -0.2) is 0 Å². The van der Waals surface area contributed by atoms with Crippen molar-refractivity contribution in [3.05, 3.63) is 126 Å². The van der Waals surface area contributed by atoms with Crippen molar-refractivity contribution >= 4 is 22.6 Å². The predicted octanol–water partition coefficient (Wildman–Crippen LogP) is 7.94. The summed E-state index contributed by atoms with van der Waals surface area (Å²) >= 11 is 0. The van der Waals surface area contributed by atoms with Gasteiger partial charge in [0, 0.05) is 11.6 Å². The molecule has 6 heteroatoms. The molecule has 1 unspecified atom stereocenters. The number of ether oxygens (including phenoxy) is 1. The Morgan fingerprint density at radius 3 is 2.12 bits per heavy atom. The highest BCUT2D eigenvalue weighted by Crippen LogP contribution is 2.29. The number of nitrogens with one attached hydrogen (secondary N) is 1. The molecule has 0 radical (unpaired) electrons. The van der Waals surface area contributed by atoms with Crippen molar-refractivity contribution in [1.82, 2.24) is 10.3 Å². The molecule has 0 bridgehead atoms. The Balaban J connectivity index is 1.30. The molecule has 6 nitrogen and oxygen atoms in total. The quantitative estimate of drug-likeness (QED) is 0.207. The van der Waals surface area contributed by atoms with E-state index in [4.69, 9.17) is 4.74 Å². The van der Waals surface area contributed by atoms with Gasteiger partial charge in [0.25, 0.3) is 5.91 Å². The van der Waals surface area contributed by atoms with Gasteiger partial charge in [0.05, 0.1) is 12.5 Å². The van der Waals surface area contributed by atoms with Crippen LogP contribution in [0.5, 0.6) is 11.5 Å². The fourth-order valence-corrected chi connectivity index (χ4v) is 4.66. The summed E-state index contributed by atoms with van der Waals surface area (Å²) < 4.78 is 6.04. The van der Waals surface area contributed by atoms with Gasteiger partial charge >= 0.3 is 5.97 Å². The van der Waals surface area contributed by atoms with Crippen molar-refractivity contribution in [2.75, 3.05) is 0 Å². The summed E-state index contributed by atoms with van der Waals surface area (Å²) in [5.41, 5.74) is 4.28. The average Bonchev–Trinajstić information content (AvgIpc) is 2.96. The van der Waals surface area contributed by atoms with Crippen LogP contribution in [0.15, 0.2) is 109 Å². The van der Waals surface area contributed by atoms with Crippen LogP contribution in [0.25, 0.3) is 21.9 Å². The number of pyridine rings is 1. The molecule has 1 aromatic heterocycles. The molecule has 4 aromatic carbocycles. The topological polar surface area (TPSA) is 88.5 Å². The lowest BCUT2D eigenvalue weighted by Gasteiger charge is -2.19. The Morgan fingerprint density at radius 1 is 0.805 bits per heavy atom. The lowest BCUT2D eigenvalue weighted by atomic mass is 9.87. The summed E-state index contributed by atoms with van der Waals surface area (Å²) in [7, 11) is 0. The second kappa shape index (κ2) is 11.6. The van der Waals surface area contributed by atoms with Crippen molar-refractivity contribution in [3.63, 3.8) is 0 Å². The lowest BCUT2D eigenvalue weighted by Crippen LogP contribution is -2.30. The molecule has 1 atom stereocenters. The third-order valence-corrected chi connectivity index (χ3v) is 6.99. The lowest BCUT2D eigenvalue weighted by molar-refractivity contribution is -0.137. The zero-order chi connectivity index (χ0) is 29.0. The van der Waals surface area contributed by atoms with Crippen LogP contribution in [0.1, 0.15) is 54.8 Å². The number of rotatable bonds is 8. The molecule has 0 saturated heterocycles. The summed E-state index contributed by atoms with van der Waals surface area (Å²) in [6.45, 7) is 6.51. The molecular formula is C35H32N2O4. The molecule has 2 N–H and O–H groups in total. The van der Waals surface area contributed by atoms with Crippen LogP contribution < -0.4 is 10.1 Å². The van der Waals surface area contributed by atoms with E-state index in [0.29, 0.717) is 11.3 Å². The maximum Gasteiger partial charge on any atom is 0.305 e. The van der Waals surface area contributed by atoms with E-state index in [1.54, 1.807) is 12.3 Å². The van der Waals surface area contributed by atoms with Gasteiger partial charge in [-0.1, -0.05) is 93.6 Å². The van der Waals surface area contributed by atoms with Crippen molar-refractivity contribution in [3.8, 4) is 22.6 Å². The first kappa shape index (κ1) is 27.6. The minimum absolute atomic E-state index is 0.0672. The van der Waals surface area contributed by atoms with E-state index in [-0.39, 0.29) is 17.5 Å². The number of aromatic nitrogens is 1. The summed E-state index contributed by atoms with van der Waals surface area (Å²) in [5.74, 6) is -0.0397. The number of aliphatic carboxylic acids is 1. The van der Waals surface area contributed by atoms with Crippen molar-refractivity contribution in [1.29, 1.82) is 0 Å². The van der Waals surface area contributed by atoms with Crippen LogP contribution in [0, 0.1) is 0 Å². The second-order valence-electron chi connectivity index (χ2n) is 11.1. The monoisotopic (exact) mass is 544 g/mol. The number of carboxylic acids is 1. The number of fused-ring (bicyclic) bond motifs is 1. The average molecular weight is 545 g/mol. The zero-order valence-electron chi connectivity index (χ0n) is 23.3. The maximum atomic E-state index is 13.2. The smallest absolute Gasteiger partial charge is 0.305 e. The highest BCUT2D eigenvalue weighted by Gasteiger charge is 2.20. The maximum absolute atomic E-state index is 13.2. The minimum atomic E-state index is -1.01. The van der Waals surface area contributed by atoms with Gasteiger partial charge in [-0.05, 0) is 63.4 Å². The van der Waals surface area contributed by atoms with Crippen LogP contribution in [-0.2, 0) is 10.2 Å². The standard InChI is InChI=1S/C35H32N2O4/c1-35(2,3)28-14-17-29(18-15-28)41-30-16-13-26-20-32(36-22-27(26)19-30)34(40)37-31(21-33(38)39)25-11-9-24(10-12-25)23-7-5-4-6-8-23/h4-20,22,31H,21H2,1-3H3,(H,37,40)(H,38,39). The number of hydrogen-bond acceptors (Lipinski definition) is 4. The Labute approximate surface area is 239 Å². The van der Waals surface area contributed by atoms with Crippen LogP contribution in [-0.4, -0.2) is 22.0 Å². The number of nitrogens with zero attached hydrogens (tertiary/aromatic N) is 1. The summed E-state index contributed by atoms with van der Waals surface area (Å²) in [4.78, 5) is 29.1. The Bertz CT molecular complexity index is 1670.